The van der Waals surface area contributed by atoms with E-state index in [-0.39, 0.29) is 11.1 Å². The van der Waals surface area contributed by atoms with Crippen LogP contribution in [0, 0.1) is 23.5 Å². The first-order valence-electron chi connectivity index (χ1n) is 12.3. The molecule has 0 bridgehead atoms. The minimum Gasteiger partial charge on any atom is -0.406 e. The molecule has 1 saturated carbocycles. The lowest BCUT2D eigenvalue weighted by atomic mass is 9.74. The van der Waals surface area contributed by atoms with Gasteiger partial charge in [-0.05, 0) is 85.3 Å². The van der Waals surface area contributed by atoms with Gasteiger partial charge in [0, 0.05) is 0 Å². The largest absolute Gasteiger partial charge is 0.573 e. The van der Waals surface area contributed by atoms with E-state index < -0.39 is 23.7 Å². The Morgan fingerprint density at radius 2 is 1.65 bits per heavy atom. The molecule has 34 heavy (non-hydrogen) atoms. The van der Waals surface area contributed by atoms with E-state index in [0.717, 1.165) is 37.3 Å². The molecule has 0 radical (unpaired) electrons. The van der Waals surface area contributed by atoms with E-state index in [9.17, 15) is 17.6 Å². The monoisotopic (exact) mass is 478 g/mol. The van der Waals surface area contributed by atoms with Gasteiger partial charge in [0.1, 0.15) is 17.4 Å². The van der Waals surface area contributed by atoms with Gasteiger partial charge < -0.3 is 4.74 Å². The Morgan fingerprint density at radius 3 is 2.29 bits per heavy atom. The molecule has 0 aliphatic heterocycles. The first-order chi connectivity index (χ1) is 16.2. The van der Waals surface area contributed by atoms with E-state index >= 15 is 4.39 Å². The van der Waals surface area contributed by atoms with E-state index in [1.54, 1.807) is 0 Å². The lowest BCUT2D eigenvalue weighted by Gasteiger charge is -2.32. The summed E-state index contributed by atoms with van der Waals surface area (Å²) in [5.74, 6) is -0.470. The van der Waals surface area contributed by atoms with Gasteiger partial charge in [-0.3, -0.25) is 0 Å². The minimum absolute atomic E-state index is 0.184. The number of halogens is 5. The number of allylic oxidation sites excluding steroid dienone is 1. The van der Waals surface area contributed by atoms with Gasteiger partial charge in [0.25, 0.3) is 0 Å². The molecular weight excluding hydrogens is 447 g/mol. The second-order valence-electron chi connectivity index (χ2n) is 9.62. The Hall–Kier alpha value is -2.37. The molecule has 2 aliphatic carbocycles. The number of ether oxygens (including phenoxy) is 1. The number of benzene rings is 2. The standard InChI is InChI=1S/C28H31F5O/c1-2-3-4-5-18-6-8-19(9-7-18)21-12-15-24-22(16-21)17-25(29)26(27(24)30)20-10-13-23(14-11-20)34-28(31,32)33/h10-11,13-14,16-19H,2-9,12,15H2,1H3. The van der Waals surface area contributed by atoms with E-state index in [2.05, 4.69) is 11.7 Å². The molecule has 6 heteroatoms. The van der Waals surface area contributed by atoms with E-state index in [1.807, 2.05) is 6.08 Å². The third kappa shape index (κ3) is 5.81. The third-order valence-electron chi connectivity index (χ3n) is 7.32. The van der Waals surface area contributed by atoms with E-state index in [0.29, 0.717) is 23.5 Å². The van der Waals surface area contributed by atoms with E-state index in [4.69, 9.17) is 0 Å². The molecule has 0 spiro atoms. The second-order valence-corrected chi connectivity index (χ2v) is 9.62. The topological polar surface area (TPSA) is 9.23 Å². The fourth-order valence-corrected chi connectivity index (χ4v) is 5.52. The Balaban J connectivity index is 1.49. The molecule has 2 aromatic rings. The van der Waals surface area contributed by atoms with Crippen molar-refractivity contribution in [3.05, 3.63) is 58.7 Å². The second kappa shape index (κ2) is 10.5. The lowest BCUT2D eigenvalue weighted by Crippen LogP contribution is -2.18. The van der Waals surface area contributed by atoms with Crippen molar-refractivity contribution in [2.24, 2.45) is 11.8 Å². The summed E-state index contributed by atoms with van der Waals surface area (Å²) in [5, 5.41) is 0. The highest BCUT2D eigenvalue weighted by atomic mass is 19.4. The zero-order valence-electron chi connectivity index (χ0n) is 19.5. The average Bonchev–Trinajstić information content (AvgIpc) is 2.79. The minimum atomic E-state index is -4.82. The predicted octanol–water partition coefficient (Wildman–Crippen LogP) is 9.25. The van der Waals surface area contributed by atoms with Crippen molar-refractivity contribution in [2.45, 2.75) is 77.5 Å². The molecule has 2 aromatic carbocycles. The molecule has 2 aliphatic rings. The third-order valence-corrected chi connectivity index (χ3v) is 7.32. The number of hydrogen-bond donors (Lipinski definition) is 0. The highest BCUT2D eigenvalue weighted by Gasteiger charge is 2.31. The molecule has 1 fully saturated rings. The average molecular weight is 479 g/mol. The van der Waals surface area contributed by atoms with Crippen molar-refractivity contribution in [1.29, 1.82) is 0 Å². The Labute approximate surface area is 198 Å². The molecule has 184 valence electrons. The summed E-state index contributed by atoms with van der Waals surface area (Å²) in [7, 11) is 0. The van der Waals surface area contributed by atoms with Gasteiger partial charge in [0.05, 0.1) is 5.56 Å². The van der Waals surface area contributed by atoms with Crippen LogP contribution in [0.3, 0.4) is 0 Å². The molecule has 0 saturated heterocycles. The molecular formula is C28H31F5O. The molecule has 4 rings (SSSR count). The Bertz CT molecular complexity index is 1010. The SMILES string of the molecule is CCCCCC1CCC(C2=Cc3cc(F)c(-c4ccc(OC(F)(F)F)cc4)c(F)c3CC2)CC1. The summed E-state index contributed by atoms with van der Waals surface area (Å²) in [6.07, 6.45) is 8.33. The van der Waals surface area contributed by atoms with Crippen LogP contribution < -0.4 is 4.74 Å². The quantitative estimate of drug-likeness (QED) is 0.285. The van der Waals surface area contributed by atoms with Crippen molar-refractivity contribution in [3.63, 3.8) is 0 Å². The van der Waals surface area contributed by atoms with Crippen molar-refractivity contribution < 1.29 is 26.7 Å². The Kier molecular flexibility index (Phi) is 7.63. The fourth-order valence-electron chi connectivity index (χ4n) is 5.52. The van der Waals surface area contributed by atoms with Crippen LogP contribution in [0.15, 0.2) is 35.9 Å². The summed E-state index contributed by atoms with van der Waals surface area (Å²) >= 11 is 0. The van der Waals surface area contributed by atoms with Gasteiger partial charge in [-0.25, -0.2) is 8.78 Å². The van der Waals surface area contributed by atoms with Crippen LogP contribution in [-0.2, 0) is 6.42 Å². The van der Waals surface area contributed by atoms with Gasteiger partial charge in [0.15, 0.2) is 0 Å². The van der Waals surface area contributed by atoms with Crippen molar-refractivity contribution in [1.82, 2.24) is 0 Å². The summed E-state index contributed by atoms with van der Waals surface area (Å²) in [6.45, 7) is 2.22. The van der Waals surface area contributed by atoms with Crippen molar-refractivity contribution >= 4 is 6.08 Å². The van der Waals surface area contributed by atoms with Gasteiger partial charge in [-0.1, -0.05) is 56.4 Å². The van der Waals surface area contributed by atoms with Crippen LogP contribution >= 0.6 is 0 Å². The molecule has 0 heterocycles. The van der Waals surface area contributed by atoms with Crippen molar-refractivity contribution in [2.75, 3.05) is 0 Å². The van der Waals surface area contributed by atoms with Crippen LogP contribution in [0.1, 0.15) is 75.8 Å². The number of rotatable bonds is 7. The zero-order chi connectivity index (χ0) is 24.3. The normalized spacial score (nSPS) is 20.6. The van der Waals surface area contributed by atoms with Crippen LogP contribution in [0.2, 0.25) is 0 Å². The molecule has 0 unspecified atom stereocenters. The van der Waals surface area contributed by atoms with Crippen molar-refractivity contribution in [3.8, 4) is 16.9 Å². The van der Waals surface area contributed by atoms with Gasteiger partial charge in [0.2, 0.25) is 0 Å². The fraction of sp³-hybridized carbons (Fsp3) is 0.500. The maximum atomic E-state index is 15.4. The van der Waals surface area contributed by atoms with Crippen LogP contribution in [0.4, 0.5) is 22.0 Å². The molecule has 0 atom stereocenters. The first kappa shape index (κ1) is 24.7. The molecule has 0 amide bonds. The summed E-state index contributed by atoms with van der Waals surface area (Å²) in [4.78, 5) is 0. The van der Waals surface area contributed by atoms with Gasteiger partial charge in [-0.15, -0.1) is 13.2 Å². The predicted molar refractivity (Wildman–Crippen MR) is 124 cm³/mol. The molecule has 0 aromatic heterocycles. The van der Waals surface area contributed by atoms with Crippen LogP contribution in [0.25, 0.3) is 17.2 Å². The summed E-state index contributed by atoms with van der Waals surface area (Å²) in [5.41, 5.74) is 2.33. The van der Waals surface area contributed by atoms with Gasteiger partial charge >= 0.3 is 6.36 Å². The smallest absolute Gasteiger partial charge is 0.406 e. The molecule has 1 nitrogen and oxygen atoms in total. The highest BCUT2D eigenvalue weighted by Crippen LogP contribution is 2.42. The number of unbranched alkanes of at least 4 members (excludes halogenated alkanes) is 2. The van der Waals surface area contributed by atoms with Crippen LogP contribution in [0.5, 0.6) is 5.75 Å². The number of alkyl halides is 3. The van der Waals surface area contributed by atoms with Gasteiger partial charge in [-0.2, -0.15) is 0 Å². The maximum Gasteiger partial charge on any atom is 0.573 e. The highest BCUT2D eigenvalue weighted by molar-refractivity contribution is 5.71. The summed E-state index contributed by atoms with van der Waals surface area (Å²) in [6, 6.07) is 5.99. The van der Waals surface area contributed by atoms with Crippen LogP contribution in [-0.4, -0.2) is 6.36 Å². The first-order valence-corrected chi connectivity index (χ1v) is 12.3. The maximum absolute atomic E-state index is 15.4. The summed E-state index contributed by atoms with van der Waals surface area (Å²) < 4.78 is 71.3. The number of fused-ring (bicyclic) bond motifs is 1. The molecule has 0 N–H and O–H groups in total. The number of hydrogen-bond acceptors (Lipinski definition) is 1. The zero-order valence-corrected chi connectivity index (χ0v) is 19.5. The van der Waals surface area contributed by atoms with E-state index in [1.165, 1.54) is 62.3 Å². The Morgan fingerprint density at radius 1 is 0.941 bits per heavy atom. The lowest BCUT2D eigenvalue weighted by molar-refractivity contribution is -0.274.